The molecule has 0 radical (unpaired) electrons. The maximum atomic E-state index is 12.7. The molecule has 28 heavy (non-hydrogen) atoms. The number of hydrogen-bond acceptors (Lipinski definition) is 5. The van der Waals surface area contributed by atoms with E-state index in [-0.39, 0.29) is 5.91 Å². The number of anilines is 1. The molecule has 0 spiro atoms. The van der Waals surface area contributed by atoms with Crippen LogP contribution >= 0.6 is 0 Å². The first-order valence-corrected chi connectivity index (χ1v) is 8.96. The van der Waals surface area contributed by atoms with Gasteiger partial charge in [0, 0.05) is 18.1 Å². The lowest BCUT2D eigenvalue weighted by atomic mass is 10.1. The third-order valence-corrected chi connectivity index (χ3v) is 4.71. The summed E-state index contributed by atoms with van der Waals surface area (Å²) in [5.41, 5.74) is 1.93. The van der Waals surface area contributed by atoms with E-state index in [9.17, 15) is 4.79 Å². The number of carbonyl (C=O) groups excluding carboxylic acids is 1. The summed E-state index contributed by atoms with van der Waals surface area (Å²) >= 11 is 0. The fourth-order valence-electron chi connectivity index (χ4n) is 3.34. The number of ether oxygens (including phenoxy) is 3. The first kappa shape index (κ1) is 17.9. The van der Waals surface area contributed by atoms with Gasteiger partial charge in [-0.25, -0.2) is 4.68 Å². The van der Waals surface area contributed by atoms with Crippen LogP contribution in [-0.2, 0) is 17.8 Å². The standard InChI is InChI=1S/C21H21N3O4/c1-26-17-9-5-7-15(20(17)27-2)13-24-19(10-11-22-24)23-21(25)18-12-14-6-3-4-8-16(14)28-18/h3-11,18H,12-13H2,1-2H3,(H,23,25). The maximum absolute atomic E-state index is 12.7. The highest BCUT2D eigenvalue weighted by molar-refractivity contribution is 5.94. The van der Waals surface area contributed by atoms with Crippen LogP contribution in [0.2, 0.25) is 0 Å². The molecule has 0 bridgehead atoms. The van der Waals surface area contributed by atoms with Crippen LogP contribution in [0.1, 0.15) is 11.1 Å². The van der Waals surface area contributed by atoms with Crippen LogP contribution < -0.4 is 19.5 Å². The molecular formula is C21H21N3O4. The quantitative estimate of drug-likeness (QED) is 0.713. The second kappa shape index (κ2) is 7.64. The van der Waals surface area contributed by atoms with Gasteiger partial charge in [-0.3, -0.25) is 4.79 Å². The number of carbonyl (C=O) groups is 1. The molecule has 3 aromatic rings. The summed E-state index contributed by atoms with van der Waals surface area (Å²) in [6.45, 7) is 0.425. The molecule has 1 aliphatic heterocycles. The van der Waals surface area contributed by atoms with Crippen molar-refractivity contribution in [2.24, 2.45) is 0 Å². The lowest BCUT2D eigenvalue weighted by Crippen LogP contribution is -2.32. The smallest absolute Gasteiger partial charge is 0.266 e. The molecule has 1 atom stereocenters. The van der Waals surface area contributed by atoms with Gasteiger partial charge in [0.15, 0.2) is 17.6 Å². The molecule has 2 heterocycles. The molecule has 1 amide bonds. The Labute approximate surface area is 162 Å². The summed E-state index contributed by atoms with van der Waals surface area (Å²) < 4.78 is 18.3. The molecule has 0 aliphatic carbocycles. The van der Waals surface area contributed by atoms with Crippen LogP contribution in [0, 0.1) is 0 Å². The molecule has 7 heteroatoms. The minimum absolute atomic E-state index is 0.199. The van der Waals surface area contributed by atoms with Crippen molar-refractivity contribution in [1.82, 2.24) is 9.78 Å². The van der Waals surface area contributed by atoms with Crippen molar-refractivity contribution in [3.63, 3.8) is 0 Å². The number of hydrogen-bond donors (Lipinski definition) is 1. The molecule has 4 rings (SSSR count). The molecule has 1 aliphatic rings. The van der Waals surface area contributed by atoms with Crippen LogP contribution in [0.4, 0.5) is 5.82 Å². The van der Waals surface area contributed by atoms with E-state index in [1.54, 1.807) is 31.2 Å². The predicted molar refractivity (Wildman–Crippen MR) is 104 cm³/mol. The first-order chi connectivity index (χ1) is 13.7. The predicted octanol–water partition coefficient (Wildman–Crippen LogP) is 2.89. The van der Waals surface area contributed by atoms with Gasteiger partial charge in [0.25, 0.3) is 5.91 Å². The molecule has 0 fully saturated rings. The summed E-state index contributed by atoms with van der Waals surface area (Å²) in [6, 6.07) is 15.1. The Morgan fingerprint density at radius 1 is 1.18 bits per heavy atom. The fraction of sp³-hybridized carbons (Fsp3) is 0.238. The van der Waals surface area contributed by atoms with Crippen molar-refractivity contribution in [1.29, 1.82) is 0 Å². The lowest BCUT2D eigenvalue weighted by molar-refractivity contribution is -0.122. The van der Waals surface area contributed by atoms with E-state index in [1.165, 1.54) is 0 Å². The second-order valence-electron chi connectivity index (χ2n) is 6.43. The van der Waals surface area contributed by atoms with Gasteiger partial charge in [0.1, 0.15) is 11.6 Å². The number of benzene rings is 2. The molecule has 1 N–H and O–H groups in total. The van der Waals surface area contributed by atoms with Crippen molar-refractivity contribution in [3.05, 3.63) is 65.9 Å². The van der Waals surface area contributed by atoms with Gasteiger partial charge in [-0.15, -0.1) is 0 Å². The molecule has 1 aromatic heterocycles. The summed E-state index contributed by atoms with van der Waals surface area (Å²) in [6.07, 6.45) is 1.65. The molecule has 7 nitrogen and oxygen atoms in total. The Morgan fingerprint density at radius 3 is 2.82 bits per heavy atom. The summed E-state index contributed by atoms with van der Waals surface area (Å²) in [4.78, 5) is 12.7. The Kier molecular flexibility index (Phi) is 4.89. The summed E-state index contributed by atoms with van der Waals surface area (Å²) in [7, 11) is 3.20. The van der Waals surface area contributed by atoms with Gasteiger partial charge in [-0.1, -0.05) is 30.3 Å². The topological polar surface area (TPSA) is 74.6 Å². The second-order valence-corrected chi connectivity index (χ2v) is 6.43. The third-order valence-electron chi connectivity index (χ3n) is 4.71. The Bertz CT molecular complexity index is 974. The molecule has 2 aromatic carbocycles. The molecule has 144 valence electrons. The van der Waals surface area contributed by atoms with Crippen molar-refractivity contribution in [2.45, 2.75) is 19.1 Å². The van der Waals surface area contributed by atoms with Crippen LogP contribution in [0.15, 0.2) is 54.7 Å². The third kappa shape index (κ3) is 3.38. The Balaban J connectivity index is 1.49. The number of nitrogens with zero attached hydrogens (tertiary/aromatic N) is 2. The van der Waals surface area contributed by atoms with E-state index in [1.807, 2.05) is 42.5 Å². The fourth-order valence-corrected chi connectivity index (χ4v) is 3.34. The number of aromatic nitrogens is 2. The van der Waals surface area contributed by atoms with Crippen molar-refractivity contribution >= 4 is 11.7 Å². The monoisotopic (exact) mass is 379 g/mol. The number of rotatable bonds is 6. The highest BCUT2D eigenvalue weighted by Gasteiger charge is 2.29. The van der Waals surface area contributed by atoms with Gasteiger partial charge in [-0.05, 0) is 17.7 Å². The van der Waals surface area contributed by atoms with Gasteiger partial charge < -0.3 is 19.5 Å². The van der Waals surface area contributed by atoms with E-state index in [2.05, 4.69) is 10.4 Å². The van der Waals surface area contributed by atoms with Gasteiger partial charge in [0.05, 0.1) is 27.0 Å². The Hall–Kier alpha value is -3.48. The highest BCUT2D eigenvalue weighted by atomic mass is 16.5. The Morgan fingerprint density at radius 2 is 2.04 bits per heavy atom. The zero-order chi connectivity index (χ0) is 19.5. The van der Waals surface area contributed by atoms with Crippen molar-refractivity contribution in [3.8, 4) is 17.2 Å². The largest absolute Gasteiger partial charge is 0.493 e. The van der Waals surface area contributed by atoms with Crippen molar-refractivity contribution in [2.75, 3.05) is 19.5 Å². The average molecular weight is 379 g/mol. The average Bonchev–Trinajstić information content (AvgIpc) is 3.34. The number of para-hydroxylation sites is 2. The highest BCUT2D eigenvalue weighted by Crippen LogP contribution is 2.32. The van der Waals surface area contributed by atoms with Crippen LogP contribution in [-0.4, -0.2) is 36.0 Å². The molecular weight excluding hydrogens is 358 g/mol. The van der Waals surface area contributed by atoms with E-state index in [4.69, 9.17) is 14.2 Å². The van der Waals surface area contributed by atoms with E-state index in [0.29, 0.717) is 30.3 Å². The normalized spacial score (nSPS) is 14.9. The SMILES string of the molecule is COc1cccc(Cn2nccc2NC(=O)C2Cc3ccccc3O2)c1OC. The van der Waals surface area contributed by atoms with E-state index >= 15 is 0 Å². The summed E-state index contributed by atoms with van der Waals surface area (Å²) in [5.74, 6) is 2.45. The lowest BCUT2D eigenvalue weighted by Gasteiger charge is -2.15. The van der Waals surface area contributed by atoms with E-state index < -0.39 is 6.10 Å². The maximum Gasteiger partial charge on any atom is 0.266 e. The van der Waals surface area contributed by atoms with Crippen LogP contribution in [0.3, 0.4) is 0 Å². The molecule has 1 unspecified atom stereocenters. The number of methoxy groups -OCH3 is 2. The number of fused-ring (bicyclic) bond motifs is 1. The zero-order valence-electron chi connectivity index (χ0n) is 15.7. The van der Waals surface area contributed by atoms with Gasteiger partial charge in [0.2, 0.25) is 0 Å². The van der Waals surface area contributed by atoms with Gasteiger partial charge >= 0.3 is 0 Å². The number of nitrogens with one attached hydrogen (secondary N) is 1. The van der Waals surface area contributed by atoms with Crippen molar-refractivity contribution < 1.29 is 19.0 Å². The van der Waals surface area contributed by atoms with E-state index in [0.717, 1.165) is 16.9 Å². The molecule has 0 saturated heterocycles. The van der Waals surface area contributed by atoms with Gasteiger partial charge in [-0.2, -0.15) is 5.10 Å². The summed E-state index contributed by atoms with van der Waals surface area (Å²) in [5, 5.41) is 7.24. The number of amides is 1. The minimum atomic E-state index is -0.549. The minimum Gasteiger partial charge on any atom is -0.493 e. The van der Waals surface area contributed by atoms with Crippen LogP contribution in [0.25, 0.3) is 0 Å². The van der Waals surface area contributed by atoms with Crippen LogP contribution in [0.5, 0.6) is 17.2 Å². The first-order valence-electron chi connectivity index (χ1n) is 8.96. The zero-order valence-corrected chi connectivity index (χ0v) is 15.7. The molecule has 0 saturated carbocycles.